The van der Waals surface area contributed by atoms with Crippen LogP contribution < -0.4 is 21.7 Å². The summed E-state index contributed by atoms with van der Waals surface area (Å²) in [6, 6.07) is 8.93. The van der Waals surface area contributed by atoms with Crippen LogP contribution >= 0.6 is 0 Å². The maximum absolute atomic E-state index is 13.7. The molecule has 0 saturated heterocycles. The number of ether oxygens (including phenoxy) is 1. The molecule has 0 spiro atoms. The second kappa shape index (κ2) is 21.9. The van der Waals surface area contributed by atoms with Gasteiger partial charge in [0.1, 0.15) is 51.0 Å². The molecule has 0 aliphatic rings. The van der Waals surface area contributed by atoms with Crippen LogP contribution in [-0.4, -0.2) is 114 Å². The summed E-state index contributed by atoms with van der Waals surface area (Å²) < 4.78 is 67.5. The third kappa shape index (κ3) is 13.7. The van der Waals surface area contributed by atoms with Gasteiger partial charge >= 0.3 is 18.2 Å². The zero-order valence-corrected chi connectivity index (χ0v) is 42.0. The molecule has 3 amide bonds. The van der Waals surface area contributed by atoms with Crippen molar-refractivity contribution in [1.82, 2.24) is 65.4 Å². The average molecular weight is 1030 g/mol. The highest BCUT2D eigenvalue weighted by molar-refractivity contribution is 6.06. The number of H-pyrrole nitrogens is 2. The van der Waals surface area contributed by atoms with Gasteiger partial charge < -0.3 is 41.5 Å². The first-order chi connectivity index (χ1) is 34.6. The minimum Gasteiger partial charge on any atom is -0.475 e. The van der Waals surface area contributed by atoms with E-state index in [9.17, 15) is 36.3 Å². The number of alkyl halides is 3. The Labute approximate surface area is 420 Å². The molecule has 0 atom stereocenters. The lowest BCUT2D eigenvalue weighted by Gasteiger charge is -2.26. The topological polar surface area (TPSA) is 279 Å². The monoisotopic (exact) mass is 1030 g/mol. The number of nitrogens with one attached hydrogen (secondary N) is 5. The fourth-order valence-corrected chi connectivity index (χ4v) is 7.65. The summed E-state index contributed by atoms with van der Waals surface area (Å²) in [5, 5.41) is 26.4. The standard InChI is InChI=1S/C26H32FN7O3.C21H24FN7O.C2HF3O2/c1-25(2,3)37-24(36)28-11-7-10-26(4,5)32-23(35)17-13-29-22-21(17)31-18(14-30-22)20-16-9-8-15(27)12-19(16)34(6)33-20;1-21(2,7-4-8-23)27-20(30)14-10-24-19-18(14)26-15(11-25-19)17-13-6-5-12(22)9-16(13)29(3)28-17;3-2(4,5)1(6)7/h8-9,12-14H,7,10-11H2,1-6H3,(H,28,36)(H,29,30)(H,32,35);5-6,9-11H,4,7-8,23H2,1-3H3,(H,24,25)(H,27,30);(H,6,7). The lowest BCUT2D eigenvalue weighted by molar-refractivity contribution is -0.192. The molecule has 8 rings (SSSR count). The molecule has 25 heteroatoms. The van der Waals surface area contributed by atoms with Crippen molar-refractivity contribution in [3.8, 4) is 22.8 Å². The van der Waals surface area contributed by atoms with Crippen LogP contribution in [0.1, 0.15) is 94.9 Å². The highest BCUT2D eigenvalue weighted by Crippen LogP contribution is 2.30. The van der Waals surface area contributed by atoms with Crippen LogP contribution in [0, 0.1) is 11.6 Å². The largest absolute Gasteiger partial charge is 0.490 e. The SMILES string of the molecule is Cn1nc(-c2cnc3[nH]cc(C(=O)NC(C)(C)CCCN)c3n2)c2ccc(F)cc21.Cn1nc(-c2cnc3[nH]cc(C(=O)NC(C)(C)CCCNC(=O)OC(C)(C)C)c3n2)c2ccc(F)cc21.O=C(O)C(F)(F)F. The van der Waals surface area contributed by atoms with Crippen molar-refractivity contribution in [2.45, 2.75) is 97.0 Å². The van der Waals surface area contributed by atoms with Gasteiger partial charge in [0.05, 0.1) is 34.6 Å². The van der Waals surface area contributed by atoms with E-state index in [1.165, 1.54) is 24.3 Å². The first-order valence-electron chi connectivity index (χ1n) is 23.1. The number of carboxylic acid groups (broad SMARTS) is 1. The first-order valence-corrected chi connectivity index (χ1v) is 23.1. The number of benzene rings is 2. The molecule has 0 fully saturated rings. The van der Waals surface area contributed by atoms with Gasteiger partial charge in [-0.2, -0.15) is 23.4 Å². The van der Waals surface area contributed by atoms with Crippen molar-refractivity contribution in [3.63, 3.8) is 0 Å². The van der Waals surface area contributed by atoms with Crippen LogP contribution in [0.3, 0.4) is 0 Å². The summed E-state index contributed by atoms with van der Waals surface area (Å²) in [5.41, 5.74) is 10.1. The molecule has 6 aromatic heterocycles. The van der Waals surface area contributed by atoms with E-state index in [1.54, 1.807) is 60.4 Å². The second-order valence-corrected chi connectivity index (χ2v) is 19.5. The number of fused-ring (bicyclic) bond motifs is 4. The number of nitrogens with zero attached hydrogens (tertiary/aromatic N) is 8. The number of aromatic amines is 2. The summed E-state index contributed by atoms with van der Waals surface area (Å²) in [5.74, 6) is -3.97. The fourth-order valence-electron chi connectivity index (χ4n) is 7.65. The number of aromatic nitrogens is 10. The van der Waals surface area contributed by atoms with Gasteiger partial charge in [-0.1, -0.05) is 0 Å². The minimum absolute atomic E-state index is 0.234. The molecule has 8 aromatic rings. The van der Waals surface area contributed by atoms with Gasteiger partial charge in [-0.15, -0.1) is 0 Å². The van der Waals surface area contributed by atoms with Gasteiger partial charge in [-0.3, -0.25) is 19.0 Å². The summed E-state index contributed by atoms with van der Waals surface area (Å²) in [4.78, 5) is 71.0. The summed E-state index contributed by atoms with van der Waals surface area (Å²) in [6.07, 6.45) is 3.67. The molecule has 0 radical (unpaired) electrons. The smallest absolute Gasteiger partial charge is 0.475 e. The maximum Gasteiger partial charge on any atom is 0.490 e. The Balaban J connectivity index is 0.000000217. The van der Waals surface area contributed by atoms with E-state index in [0.717, 1.165) is 23.6 Å². The Hall–Kier alpha value is -8.09. The van der Waals surface area contributed by atoms with Crippen molar-refractivity contribution < 1.29 is 51.0 Å². The van der Waals surface area contributed by atoms with Gasteiger partial charge in [-0.25, -0.2) is 38.3 Å². The molecular formula is C49H57F5N14O6. The Morgan fingerprint density at radius 3 is 1.51 bits per heavy atom. The van der Waals surface area contributed by atoms with E-state index in [4.69, 9.17) is 20.4 Å². The number of amides is 3. The number of aryl methyl sites for hydroxylation is 2. The van der Waals surface area contributed by atoms with E-state index in [0.29, 0.717) is 93.2 Å². The predicted molar refractivity (Wildman–Crippen MR) is 266 cm³/mol. The van der Waals surface area contributed by atoms with E-state index in [2.05, 4.69) is 56.1 Å². The van der Waals surface area contributed by atoms with Gasteiger partial charge in [0.2, 0.25) is 0 Å². The van der Waals surface area contributed by atoms with Crippen molar-refractivity contribution in [1.29, 1.82) is 0 Å². The van der Waals surface area contributed by atoms with Gasteiger partial charge in [0, 0.05) is 54.9 Å². The second-order valence-electron chi connectivity index (χ2n) is 19.5. The highest BCUT2D eigenvalue weighted by atomic mass is 19.4. The first kappa shape index (κ1) is 55.2. The van der Waals surface area contributed by atoms with E-state index < -0.39 is 34.9 Å². The van der Waals surface area contributed by atoms with Gasteiger partial charge in [-0.05, 0) is 117 Å². The fraction of sp³-hybridized carbons (Fsp3) is 0.388. The third-order valence-electron chi connectivity index (χ3n) is 11.2. The summed E-state index contributed by atoms with van der Waals surface area (Å²) in [6.45, 7) is 14.2. The lowest BCUT2D eigenvalue weighted by atomic mass is 9.98. The van der Waals surface area contributed by atoms with Crippen LogP contribution in [-0.2, 0) is 23.6 Å². The highest BCUT2D eigenvalue weighted by Gasteiger charge is 2.38. The molecular weight excluding hydrogens is 976 g/mol. The normalized spacial score (nSPS) is 12.0. The minimum atomic E-state index is -5.08. The lowest BCUT2D eigenvalue weighted by Crippen LogP contribution is -2.44. The van der Waals surface area contributed by atoms with Crippen molar-refractivity contribution >= 4 is 68.0 Å². The molecule has 394 valence electrons. The number of hydrogen-bond donors (Lipinski definition) is 7. The van der Waals surface area contributed by atoms with Crippen LogP contribution in [0.15, 0.2) is 61.2 Å². The number of carbonyl (C=O) groups excluding carboxylic acids is 3. The Morgan fingerprint density at radius 2 is 1.12 bits per heavy atom. The number of aliphatic carboxylic acids is 1. The Kier molecular flexibility index (Phi) is 16.4. The Bertz CT molecular complexity index is 3350. The zero-order chi connectivity index (χ0) is 54.5. The molecule has 0 aliphatic heterocycles. The van der Waals surface area contributed by atoms with Crippen LogP contribution in [0.25, 0.3) is 66.9 Å². The Morgan fingerprint density at radius 1 is 0.703 bits per heavy atom. The molecule has 8 N–H and O–H groups in total. The summed E-state index contributed by atoms with van der Waals surface area (Å²) >= 11 is 0. The molecule has 74 heavy (non-hydrogen) atoms. The zero-order valence-electron chi connectivity index (χ0n) is 42.0. The summed E-state index contributed by atoms with van der Waals surface area (Å²) in [7, 11) is 3.48. The van der Waals surface area contributed by atoms with E-state index >= 15 is 0 Å². The number of rotatable bonds is 13. The quantitative estimate of drug-likeness (QED) is 0.0426. The molecule has 2 aromatic carbocycles. The number of halogens is 5. The molecule has 0 bridgehead atoms. The number of carboxylic acids is 1. The van der Waals surface area contributed by atoms with Gasteiger partial charge in [0.25, 0.3) is 11.8 Å². The molecule has 0 aliphatic carbocycles. The van der Waals surface area contributed by atoms with Crippen LogP contribution in [0.2, 0.25) is 0 Å². The number of carbonyl (C=O) groups is 4. The average Bonchev–Trinajstić information content (AvgIpc) is 4.09. The van der Waals surface area contributed by atoms with Crippen molar-refractivity contribution in [3.05, 3.63) is 83.9 Å². The van der Waals surface area contributed by atoms with E-state index in [-0.39, 0.29) is 23.4 Å². The predicted octanol–water partition coefficient (Wildman–Crippen LogP) is 8.00. The maximum atomic E-state index is 13.7. The third-order valence-corrected chi connectivity index (χ3v) is 11.2. The van der Waals surface area contributed by atoms with Crippen molar-refractivity contribution in [2.75, 3.05) is 13.1 Å². The van der Waals surface area contributed by atoms with E-state index in [1.807, 2.05) is 48.5 Å². The number of hydrogen-bond acceptors (Lipinski definition) is 12. The number of nitrogens with two attached hydrogens (primary N) is 1. The van der Waals surface area contributed by atoms with Crippen molar-refractivity contribution in [2.24, 2.45) is 19.8 Å². The molecule has 0 unspecified atom stereocenters. The van der Waals surface area contributed by atoms with Crippen LogP contribution in [0.4, 0.5) is 26.7 Å². The van der Waals surface area contributed by atoms with Gasteiger partial charge in [0.15, 0.2) is 11.3 Å². The van der Waals surface area contributed by atoms with Crippen LogP contribution in [0.5, 0.6) is 0 Å². The number of alkyl carbamates (subject to hydrolysis) is 1. The molecule has 20 nitrogen and oxygen atoms in total. The molecule has 6 heterocycles. The molecule has 0 saturated carbocycles.